The van der Waals surface area contributed by atoms with Gasteiger partial charge in [-0.3, -0.25) is 14.2 Å². The van der Waals surface area contributed by atoms with Crippen LogP contribution >= 0.6 is 11.8 Å². The predicted molar refractivity (Wildman–Crippen MR) is 100 cm³/mol. The number of nitrogens with zero attached hydrogens (tertiary/aromatic N) is 2. The highest BCUT2D eigenvalue weighted by molar-refractivity contribution is 8.00. The number of nitrogens with one attached hydrogen (secondary N) is 1. The smallest absolute Gasteiger partial charge is 0.319 e. The molecule has 0 aliphatic heterocycles. The van der Waals surface area contributed by atoms with Crippen molar-refractivity contribution in [3.63, 3.8) is 0 Å². The van der Waals surface area contributed by atoms with E-state index < -0.39 is 5.25 Å². The van der Waals surface area contributed by atoms with Crippen molar-refractivity contribution >= 4 is 39.7 Å². The molecule has 0 saturated carbocycles. The second-order valence-electron chi connectivity index (χ2n) is 5.53. The molecular formula is C18H19N3O3S. The summed E-state index contributed by atoms with van der Waals surface area (Å²) in [4.78, 5) is 32.7. The van der Waals surface area contributed by atoms with Gasteiger partial charge in [0.2, 0.25) is 0 Å². The van der Waals surface area contributed by atoms with Crippen molar-refractivity contribution in [1.82, 2.24) is 14.5 Å². The number of allylic oxidation sites excluding steroid dienone is 1. The molecule has 130 valence electrons. The first-order valence-corrected chi connectivity index (χ1v) is 8.85. The SMILES string of the molecule is C=CCn1c(SC(CC)C(=O)OC)nc2c([nH]c3ccccc32)c1=O. The number of hydrogen-bond donors (Lipinski definition) is 1. The van der Waals surface area contributed by atoms with Crippen molar-refractivity contribution in [1.29, 1.82) is 0 Å². The summed E-state index contributed by atoms with van der Waals surface area (Å²) in [5, 5.41) is 0.948. The number of esters is 1. The van der Waals surface area contributed by atoms with Crippen LogP contribution < -0.4 is 5.56 Å². The third-order valence-corrected chi connectivity index (χ3v) is 5.30. The normalized spacial score (nSPS) is 12.4. The Balaban J connectivity index is 2.23. The lowest BCUT2D eigenvalue weighted by Gasteiger charge is -2.15. The number of carbonyl (C=O) groups is 1. The van der Waals surface area contributed by atoms with Crippen LogP contribution in [0.4, 0.5) is 0 Å². The van der Waals surface area contributed by atoms with Crippen LogP contribution in [-0.2, 0) is 16.1 Å². The van der Waals surface area contributed by atoms with Gasteiger partial charge in [-0.2, -0.15) is 0 Å². The zero-order valence-corrected chi connectivity index (χ0v) is 14.9. The first kappa shape index (κ1) is 17.3. The van der Waals surface area contributed by atoms with Crippen molar-refractivity contribution in [3.05, 3.63) is 47.3 Å². The van der Waals surface area contributed by atoms with Crippen LogP contribution in [0.5, 0.6) is 0 Å². The van der Waals surface area contributed by atoms with Gasteiger partial charge in [0, 0.05) is 17.4 Å². The molecule has 0 saturated heterocycles. The molecule has 1 unspecified atom stereocenters. The molecular weight excluding hydrogens is 338 g/mol. The van der Waals surface area contributed by atoms with Gasteiger partial charge in [-0.25, -0.2) is 4.98 Å². The fourth-order valence-electron chi connectivity index (χ4n) is 2.71. The fourth-order valence-corrected chi connectivity index (χ4v) is 3.76. The molecule has 25 heavy (non-hydrogen) atoms. The van der Waals surface area contributed by atoms with Crippen LogP contribution in [0.2, 0.25) is 0 Å². The number of benzene rings is 1. The van der Waals surface area contributed by atoms with Crippen molar-refractivity contribution in [2.24, 2.45) is 0 Å². The van der Waals surface area contributed by atoms with E-state index in [4.69, 9.17) is 4.74 Å². The fraction of sp³-hybridized carbons (Fsp3) is 0.278. The van der Waals surface area contributed by atoms with Gasteiger partial charge in [-0.15, -0.1) is 6.58 Å². The van der Waals surface area contributed by atoms with E-state index in [-0.39, 0.29) is 11.5 Å². The maximum atomic E-state index is 12.9. The molecule has 1 aromatic carbocycles. The molecule has 7 heteroatoms. The molecule has 1 N–H and O–H groups in total. The monoisotopic (exact) mass is 357 g/mol. The minimum atomic E-state index is -0.421. The largest absolute Gasteiger partial charge is 0.468 e. The van der Waals surface area contributed by atoms with Gasteiger partial charge < -0.3 is 9.72 Å². The third-order valence-electron chi connectivity index (χ3n) is 3.97. The molecule has 1 atom stereocenters. The van der Waals surface area contributed by atoms with Crippen molar-refractivity contribution < 1.29 is 9.53 Å². The zero-order chi connectivity index (χ0) is 18.0. The standard InChI is InChI=1S/C18H19N3O3S/c1-4-10-21-16(22)15-14(11-8-6-7-9-12(11)19-15)20-18(21)25-13(5-2)17(23)24-3/h4,6-9,13,19H,1,5,10H2,2-3H3. The van der Waals surface area contributed by atoms with Crippen LogP contribution in [0.1, 0.15) is 13.3 Å². The van der Waals surface area contributed by atoms with E-state index in [1.54, 1.807) is 6.08 Å². The van der Waals surface area contributed by atoms with Gasteiger partial charge in [0.15, 0.2) is 5.16 Å². The van der Waals surface area contributed by atoms with E-state index in [1.807, 2.05) is 31.2 Å². The predicted octanol–water partition coefficient (Wildman–Crippen LogP) is 3.11. The lowest BCUT2D eigenvalue weighted by Crippen LogP contribution is -2.25. The zero-order valence-electron chi connectivity index (χ0n) is 14.1. The van der Waals surface area contributed by atoms with E-state index in [2.05, 4.69) is 16.5 Å². The molecule has 0 fully saturated rings. The Morgan fingerprint density at radius 3 is 2.92 bits per heavy atom. The lowest BCUT2D eigenvalue weighted by atomic mass is 10.2. The minimum absolute atomic E-state index is 0.177. The molecule has 0 amide bonds. The van der Waals surface area contributed by atoms with Crippen LogP contribution in [-0.4, -0.2) is 32.9 Å². The Kier molecular flexibility index (Phi) is 4.94. The number of hydrogen-bond acceptors (Lipinski definition) is 5. The number of ether oxygens (including phenoxy) is 1. The van der Waals surface area contributed by atoms with Gasteiger partial charge >= 0.3 is 5.97 Å². The quantitative estimate of drug-likeness (QED) is 0.317. The topological polar surface area (TPSA) is 77.0 Å². The first-order chi connectivity index (χ1) is 12.1. The number of carbonyl (C=O) groups excluding carboxylic acids is 1. The summed E-state index contributed by atoms with van der Waals surface area (Å²) in [5.74, 6) is -0.328. The highest BCUT2D eigenvalue weighted by atomic mass is 32.2. The summed E-state index contributed by atoms with van der Waals surface area (Å²) >= 11 is 1.24. The number of methoxy groups -OCH3 is 1. The van der Waals surface area contributed by atoms with Gasteiger partial charge in [-0.1, -0.05) is 43.0 Å². The highest BCUT2D eigenvalue weighted by Crippen LogP contribution is 2.28. The van der Waals surface area contributed by atoms with Crippen LogP contribution in [0.25, 0.3) is 21.9 Å². The Morgan fingerprint density at radius 2 is 2.24 bits per heavy atom. The Morgan fingerprint density at radius 1 is 1.48 bits per heavy atom. The average molecular weight is 357 g/mol. The molecule has 2 heterocycles. The van der Waals surface area contributed by atoms with Crippen molar-refractivity contribution in [3.8, 4) is 0 Å². The second kappa shape index (κ2) is 7.14. The third kappa shape index (κ3) is 3.07. The Hall–Kier alpha value is -2.54. The molecule has 0 aliphatic carbocycles. The van der Waals surface area contributed by atoms with E-state index >= 15 is 0 Å². The molecule has 6 nitrogen and oxygen atoms in total. The summed E-state index contributed by atoms with van der Waals surface area (Å²) < 4.78 is 6.38. The summed E-state index contributed by atoms with van der Waals surface area (Å²) in [6, 6.07) is 7.64. The molecule has 3 rings (SSSR count). The number of aromatic nitrogens is 3. The first-order valence-electron chi connectivity index (χ1n) is 7.97. The minimum Gasteiger partial charge on any atom is -0.468 e. The summed E-state index contributed by atoms with van der Waals surface area (Å²) in [6.07, 6.45) is 2.22. The number of H-pyrrole nitrogens is 1. The number of aromatic amines is 1. The summed E-state index contributed by atoms with van der Waals surface area (Å²) in [6.45, 7) is 5.93. The highest BCUT2D eigenvalue weighted by Gasteiger charge is 2.23. The van der Waals surface area contributed by atoms with E-state index in [1.165, 1.54) is 23.4 Å². The molecule has 2 aromatic heterocycles. The number of fused-ring (bicyclic) bond motifs is 3. The molecule has 3 aromatic rings. The average Bonchev–Trinajstić information content (AvgIpc) is 3.01. The van der Waals surface area contributed by atoms with Gasteiger partial charge in [-0.05, 0) is 12.5 Å². The number of thioether (sulfide) groups is 1. The van der Waals surface area contributed by atoms with E-state index in [0.717, 1.165) is 10.9 Å². The van der Waals surface area contributed by atoms with Gasteiger partial charge in [0.05, 0.1) is 7.11 Å². The van der Waals surface area contributed by atoms with Gasteiger partial charge in [0.1, 0.15) is 16.3 Å². The van der Waals surface area contributed by atoms with E-state index in [9.17, 15) is 9.59 Å². The number of rotatable bonds is 6. The summed E-state index contributed by atoms with van der Waals surface area (Å²) in [5.41, 5.74) is 1.75. The van der Waals surface area contributed by atoms with Crippen LogP contribution in [0, 0.1) is 0 Å². The van der Waals surface area contributed by atoms with E-state index in [0.29, 0.717) is 29.2 Å². The maximum absolute atomic E-state index is 12.9. The Labute approximate surface area is 148 Å². The molecule has 0 aliphatic rings. The maximum Gasteiger partial charge on any atom is 0.319 e. The number of para-hydroxylation sites is 1. The van der Waals surface area contributed by atoms with Crippen molar-refractivity contribution in [2.45, 2.75) is 30.3 Å². The lowest BCUT2D eigenvalue weighted by molar-refractivity contribution is -0.140. The molecule has 0 spiro atoms. The van der Waals surface area contributed by atoms with Crippen molar-refractivity contribution in [2.75, 3.05) is 7.11 Å². The summed E-state index contributed by atoms with van der Waals surface area (Å²) in [7, 11) is 1.36. The second-order valence-corrected chi connectivity index (χ2v) is 6.70. The molecule has 0 bridgehead atoms. The molecule has 0 radical (unpaired) electrons. The van der Waals surface area contributed by atoms with Crippen LogP contribution in [0.3, 0.4) is 0 Å². The Bertz CT molecular complexity index is 1010. The van der Waals surface area contributed by atoms with Gasteiger partial charge in [0.25, 0.3) is 5.56 Å². The van der Waals surface area contributed by atoms with Crippen LogP contribution in [0.15, 0.2) is 46.9 Å².